The zero-order valence-electron chi connectivity index (χ0n) is 13.1. The molecule has 0 radical (unpaired) electrons. The predicted molar refractivity (Wildman–Crippen MR) is 83.0 cm³/mol. The van der Waals surface area contributed by atoms with Gasteiger partial charge in [0, 0.05) is 18.5 Å². The van der Waals surface area contributed by atoms with E-state index in [1.165, 1.54) is 0 Å². The van der Waals surface area contributed by atoms with E-state index in [2.05, 4.69) is 5.10 Å². The van der Waals surface area contributed by atoms with Crippen molar-refractivity contribution in [3.05, 3.63) is 46.8 Å². The lowest BCUT2D eigenvalue weighted by Crippen LogP contribution is -2.12. The zero-order chi connectivity index (χ0) is 15.4. The number of Topliss-reactive ketones (excluding diaryl/α,β-unsaturated/α-hetero) is 1. The van der Waals surface area contributed by atoms with Crippen molar-refractivity contribution in [1.82, 2.24) is 9.78 Å². The molecule has 0 atom stereocenters. The Kier molecular flexibility index (Phi) is 4.78. The summed E-state index contributed by atoms with van der Waals surface area (Å²) in [6, 6.07) is 7.79. The van der Waals surface area contributed by atoms with Crippen LogP contribution in [-0.2, 0) is 19.4 Å². The molecule has 1 heterocycles. The third kappa shape index (κ3) is 3.32. The van der Waals surface area contributed by atoms with Gasteiger partial charge >= 0.3 is 0 Å². The molecule has 0 saturated heterocycles. The summed E-state index contributed by atoms with van der Waals surface area (Å²) in [7, 11) is 1.63. The number of aromatic nitrogens is 2. The molecule has 4 nitrogen and oxygen atoms in total. The van der Waals surface area contributed by atoms with Crippen LogP contribution in [0.25, 0.3) is 0 Å². The van der Waals surface area contributed by atoms with Gasteiger partial charge in [-0.05, 0) is 32.4 Å². The van der Waals surface area contributed by atoms with Crippen molar-refractivity contribution in [2.75, 3.05) is 7.11 Å². The molecular weight excluding hydrogens is 264 g/mol. The molecule has 0 amide bonds. The number of rotatable bonds is 6. The van der Waals surface area contributed by atoms with E-state index < -0.39 is 0 Å². The van der Waals surface area contributed by atoms with Gasteiger partial charge in [-0.1, -0.05) is 24.6 Å². The molecule has 0 saturated carbocycles. The second-order valence-corrected chi connectivity index (χ2v) is 5.11. The van der Waals surface area contributed by atoms with Crippen molar-refractivity contribution in [2.45, 2.75) is 40.2 Å². The summed E-state index contributed by atoms with van der Waals surface area (Å²) < 4.78 is 7.13. The normalized spacial score (nSPS) is 10.7. The number of aryl methyl sites for hydroxylation is 3. The van der Waals surface area contributed by atoms with Crippen LogP contribution < -0.4 is 4.74 Å². The van der Waals surface area contributed by atoms with Crippen LogP contribution in [-0.4, -0.2) is 22.7 Å². The minimum Gasteiger partial charge on any atom is -0.496 e. The van der Waals surface area contributed by atoms with Crippen molar-refractivity contribution in [2.24, 2.45) is 0 Å². The molecule has 0 aliphatic carbocycles. The van der Waals surface area contributed by atoms with Gasteiger partial charge in [-0.25, -0.2) is 0 Å². The van der Waals surface area contributed by atoms with Crippen LogP contribution in [0.3, 0.4) is 0 Å². The lowest BCUT2D eigenvalue weighted by Gasteiger charge is -2.09. The summed E-state index contributed by atoms with van der Waals surface area (Å²) >= 11 is 0. The molecule has 0 bridgehead atoms. The van der Waals surface area contributed by atoms with E-state index in [0.29, 0.717) is 18.7 Å². The molecule has 0 spiro atoms. The first-order valence-corrected chi connectivity index (χ1v) is 7.32. The highest BCUT2D eigenvalue weighted by molar-refractivity contribution is 5.96. The number of benzene rings is 1. The second-order valence-electron chi connectivity index (χ2n) is 5.11. The van der Waals surface area contributed by atoms with Crippen LogP contribution in [0.15, 0.2) is 24.3 Å². The van der Waals surface area contributed by atoms with Crippen LogP contribution >= 0.6 is 0 Å². The Morgan fingerprint density at radius 3 is 2.67 bits per heavy atom. The maximum absolute atomic E-state index is 12.6. The molecule has 2 aromatic rings. The summed E-state index contributed by atoms with van der Waals surface area (Å²) in [6.45, 7) is 6.75. The lowest BCUT2D eigenvalue weighted by atomic mass is 10.0. The largest absolute Gasteiger partial charge is 0.496 e. The Morgan fingerprint density at radius 1 is 1.29 bits per heavy atom. The van der Waals surface area contributed by atoms with Gasteiger partial charge in [0.15, 0.2) is 5.78 Å². The van der Waals surface area contributed by atoms with Crippen LogP contribution in [0.1, 0.15) is 41.2 Å². The second kappa shape index (κ2) is 6.57. The van der Waals surface area contributed by atoms with Crippen LogP contribution in [0, 0.1) is 6.92 Å². The Hall–Kier alpha value is -2.10. The number of ether oxygens (including phenoxy) is 1. The fourth-order valence-corrected chi connectivity index (χ4v) is 2.42. The van der Waals surface area contributed by atoms with Gasteiger partial charge in [0.1, 0.15) is 11.4 Å². The quantitative estimate of drug-likeness (QED) is 0.766. The molecule has 4 heteroatoms. The highest BCUT2D eigenvalue weighted by Crippen LogP contribution is 2.22. The van der Waals surface area contributed by atoms with Crippen molar-refractivity contribution in [1.29, 1.82) is 0 Å². The summed E-state index contributed by atoms with van der Waals surface area (Å²) in [5.41, 5.74) is 3.68. The first-order chi connectivity index (χ1) is 10.1. The highest BCUT2D eigenvalue weighted by Gasteiger charge is 2.16. The number of ketones is 1. The maximum atomic E-state index is 12.6. The molecule has 0 fully saturated rings. The Bertz CT molecular complexity index is 644. The Morgan fingerprint density at radius 2 is 2.05 bits per heavy atom. The summed E-state index contributed by atoms with van der Waals surface area (Å²) in [5, 5.41) is 4.43. The molecule has 2 rings (SSSR count). The fourth-order valence-electron chi connectivity index (χ4n) is 2.42. The lowest BCUT2D eigenvalue weighted by molar-refractivity contribution is 0.0982. The average molecular weight is 286 g/mol. The third-order valence-corrected chi connectivity index (χ3v) is 3.56. The predicted octanol–water partition coefficient (Wildman–Crippen LogP) is 3.21. The van der Waals surface area contributed by atoms with Crippen LogP contribution in [0.4, 0.5) is 0 Å². The number of nitrogens with zero attached hydrogens (tertiary/aromatic N) is 2. The first-order valence-electron chi connectivity index (χ1n) is 7.32. The van der Waals surface area contributed by atoms with Crippen LogP contribution in [0.5, 0.6) is 5.75 Å². The van der Waals surface area contributed by atoms with Gasteiger partial charge < -0.3 is 4.74 Å². The van der Waals surface area contributed by atoms with Crippen molar-refractivity contribution in [3.8, 4) is 5.75 Å². The molecule has 1 aromatic carbocycles. The van der Waals surface area contributed by atoms with Gasteiger partial charge in [-0.2, -0.15) is 5.10 Å². The number of methoxy groups -OCH3 is 1. The molecule has 0 aliphatic rings. The van der Waals surface area contributed by atoms with E-state index in [1.54, 1.807) is 11.8 Å². The van der Waals surface area contributed by atoms with Gasteiger partial charge in [0.25, 0.3) is 0 Å². The minimum absolute atomic E-state index is 0.0768. The molecule has 0 unspecified atom stereocenters. The van der Waals surface area contributed by atoms with Gasteiger partial charge in [-0.15, -0.1) is 0 Å². The highest BCUT2D eigenvalue weighted by atomic mass is 16.5. The number of hydrogen-bond acceptors (Lipinski definition) is 3. The smallest absolute Gasteiger partial charge is 0.185 e. The molecular formula is C17H22N2O2. The fraction of sp³-hybridized carbons (Fsp3) is 0.412. The molecule has 1 aromatic heterocycles. The topological polar surface area (TPSA) is 44.1 Å². The van der Waals surface area contributed by atoms with E-state index in [1.807, 2.05) is 45.0 Å². The number of carbonyl (C=O) groups excluding carboxylic acids is 1. The molecule has 0 aliphatic heterocycles. The van der Waals surface area contributed by atoms with Gasteiger partial charge in [0.05, 0.1) is 12.8 Å². The monoisotopic (exact) mass is 286 g/mol. The summed E-state index contributed by atoms with van der Waals surface area (Å²) in [6.07, 6.45) is 1.17. The third-order valence-electron chi connectivity index (χ3n) is 3.56. The standard InChI is InChI=1S/C17H22N2O2/c1-5-14-11-15(19(6-2)18-14)16(20)10-13-9-12(3)7-8-17(13)21-4/h7-9,11H,5-6,10H2,1-4H3. The van der Waals surface area contributed by atoms with E-state index >= 15 is 0 Å². The van der Waals surface area contributed by atoms with Gasteiger partial charge in [-0.3, -0.25) is 9.48 Å². The van der Waals surface area contributed by atoms with Crippen molar-refractivity contribution < 1.29 is 9.53 Å². The summed E-state index contributed by atoms with van der Waals surface area (Å²) in [5.74, 6) is 0.833. The van der Waals surface area contributed by atoms with E-state index in [9.17, 15) is 4.79 Å². The Balaban J connectivity index is 2.29. The van der Waals surface area contributed by atoms with E-state index in [0.717, 1.165) is 29.0 Å². The molecule has 0 N–H and O–H groups in total. The zero-order valence-corrected chi connectivity index (χ0v) is 13.1. The Labute approximate surface area is 125 Å². The van der Waals surface area contributed by atoms with Crippen molar-refractivity contribution in [3.63, 3.8) is 0 Å². The van der Waals surface area contributed by atoms with Crippen molar-refractivity contribution >= 4 is 5.78 Å². The SMILES string of the molecule is CCc1cc(C(=O)Cc2cc(C)ccc2OC)n(CC)n1. The van der Waals surface area contributed by atoms with Gasteiger partial charge in [0.2, 0.25) is 0 Å². The first kappa shape index (κ1) is 15.3. The molecule has 112 valence electrons. The molecule has 21 heavy (non-hydrogen) atoms. The number of carbonyl (C=O) groups is 1. The maximum Gasteiger partial charge on any atom is 0.185 e. The average Bonchev–Trinajstić information content (AvgIpc) is 2.91. The minimum atomic E-state index is 0.0768. The summed E-state index contributed by atoms with van der Waals surface area (Å²) in [4.78, 5) is 12.6. The van der Waals surface area contributed by atoms with E-state index in [4.69, 9.17) is 4.74 Å². The van der Waals surface area contributed by atoms with Crippen LogP contribution in [0.2, 0.25) is 0 Å². The van der Waals surface area contributed by atoms with E-state index in [-0.39, 0.29) is 5.78 Å². The number of hydrogen-bond donors (Lipinski definition) is 0.